The number of ether oxygens (including phenoxy) is 1. The van der Waals surface area contributed by atoms with E-state index in [9.17, 15) is 9.50 Å². The minimum atomic E-state index is -0.587. The molecule has 3 atom stereocenters. The molecule has 0 aromatic heterocycles. The zero-order valence-electron chi connectivity index (χ0n) is 13.9. The van der Waals surface area contributed by atoms with Crippen LogP contribution in [0.4, 0.5) is 4.39 Å². The van der Waals surface area contributed by atoms with E-state index in [4.69, 9.17) is 4.74 Å². The van der Waals surface area contributed by atoms with Crippen molar-refractivity contribution in [3.05, 3.63) is 66.0 Å². The standard InChI is InChI=1S/C20H24FNO2/c1-22(14-15-7-3-2-4-8-15)18-11-6-12-19(20(18)23)24-17-10-5-9-16(21)13-17/h2-5,7-10,13,18-20,23H,6,11-12,14H2,1H3/t18-,19+,20+/m1/s1. The van der Waals surface area contributed by atoms with Crippen LogP contribution in [0.5, 0.6) is 5.75 Å². The van der Waals surface area contributed by atoms with Crippen molar-refractivity contribution >= 4 is 0 Å². The van der Waals surface area contributed by atoms with Crippen molar-refractivity contribution in [1.82, 2.24) is 4.90 Å². The molecule has 2 aromatic rings. The Balaban J connectivity index is 1.64. The maximum atomic E-state index is 13.3. The highest BCUT2D eigenvalue weighted by Gasteiger charge is 2.35. The van der Waals surface area contributed by atoms with Crippen LogP contribution in [0.1, 0.15) is 24.8 Å². The molecule has 1 aliphatic rings. The largest absolute Gasteiger partial charge is 0.488 e. The van der Waals surface area contributed by atoms with E-state index in [0.29, 0.717) is 5.75 Å². The normalized spacial score (nSPS) is 24.1. The molecule has 0 unspecified atom stereocenters. The van der Waals surface area contributed by atoms with Gasteiger partial charge in [-0.3, -0.25) is 4.90 Å². The molecule has 1 fully saturated rings. The number of benzene rings is 2. The molecule has 4 heteroatoms. The SMILES string of the molecule is CN(Cc1ccccc1)[C@@H]1CCC[C@H](Oc2cccc(F)c2)[C@H]1O. The molecule has 0 amide bonds. The zero-order chi connectivity index (χ0) is 16.9. The first-order valence-corrected chi connectivity index (χ1v) is 8.48. The number of nitrogens with zero attached hydrogens (tertiary/aromatic N) is 1. The van der Waals surface area contributed by atoms with E-state index in [1.807, 2.05) is 25.2 Å². The molecular formula is C20H24FNO2. The molecule has 3 rings (SSSR count). The minimum Gasteiger partial charge on any atom is -0.488 e. The van der Waals surface area contributed by atoms with E-state index in [0.717, 1.165) is 25.8 Å². The lowest BCUT2D eigenvalue weighted by Gasteiger charge is -2.39. The predicted molar refractivity (Wildman–Crippen MR) is 92.4 cm³/mol. The molecule has 1 saturated carbocycles. The molecule has 0 heterocycles. The zero-order valence-corrected chi connectivity index (χ0v) is 13.9. The van der Waals surface area contributed by atoms with Crippen molar-refractivity contribution in [3.63, 3.8) is 0 Å². The summed E-state index contributed by atoms with van der Waals surface area (Å²) in [5, 5.41) is 10.7. The Bertz CT molecular complexity index is 649. The first kappa shape index (κ1) is 16.9. The van der Waals surface area contributed by atoms with Gasteiger partial charge in [0.1, 0.15) is 23.8 Å². The van der Waals surface area contributed by atoms with Crippen LogP contribution in [0, 0.1) is 5.82 Å². The van der Waals surface area contributed by atoms with Gasteiger partial charge in [-0.25, -0.2) is 4.39 Å². The number of hydrogen-bond acceptors (Lipinski definition) is 3. The molecule has 3 nitrogen and oxygen atoms in total. The molecule has 0 spiro atoms. The van der Waals surface area contributed by atoms with Crippen LogP contribution in [0.2, 0.25) is 0 Å². The van der Waals surface area contributed by atoms with E-state index in [-0.39, 0.29) is 18.0 Å². The maximum absolute atomic E-state index is 13.3. The number of likely N-dealkylation sites (N-methyl/N-ethyl adjacent to an activating group) is 1. The van der Waals surface area contributed by atoms with Crippen LogP contribution in [0.25, 0.3) is 0 Å². The van der Waals surface area contributed by atoms with E-state index >= 15 is 0 Å². The van der Waals surface area contributed by atoms with Crippen molar-refractivity contribution in [2.75, 3.05) is 7.05 Å². The molecule has 1 aliphatic carbocycles. The lowest BCUT2D eigenvalue weighted by atomic mass is 9.88. The molecule has 0 saturated heterocycles. The Kier molecular flexibility index (Phi) is 5.48. The van der Waals surface area contributed by atoms with E-state index in [1.54, 1.807) is 12.1 Å². The van der Waals surface area contributed by atoms with Gasteiger partial charge in [0, 0.05) is 18.7 Å². The van der Waals surface area contributed by atoms with Crippen LogP contribution in [-0.4, -0.2) is 35.3 Å². The Labute approximate surface area is 142 Å². The third-order valence-corrected chi connectivity index (χ3v) is 4.69. The summed E-state index contributed by atoms with van der Waals surface area (Å²) in [6.45, 7) is 0.787. The van der Waals surface area contributed by atoms with Crippen LogP contribution in [0.3, 0.4) is 0 Å². The van der Waals surface area contributed by atoms with Crippen LogP contribution in [-0.2, 0) is 6.54 Å². The summed E-state index contributed by atoms with van der Waals surface area (Å²) >= 11 is 0. The van der Waals surface area contributed by atoms with Crippen LogP contribution in [0.15, 0.2) is 54.6 Å². The summed E-state index contributed by atoms with van der Waals surface area (Å²) < 4.78 is 19.2. The smallest absolute Gasteiger partial charge is 0.126 e. The third kappa shape index (κ3) is 4.13. The Hall–Kier alpha value is -1.91. The summed E-state index contributed by atoms with van der Waals surface area (Å²) in [4.78, 5) is 2.18. The predicted octanol–water partition coefficient (Wildman–Crippen LogP) is 3.62. The highest BCUT2D eigenvalue weighted by molar-refractivity contribution is 5.23. The van der Waals surface area contributed by atoms with Crippen molar-refractivity contribution in [2.24, 2.45) is 0 Å². The summed E-state index contributed by atoms with van der Waals surface area (Å²) in [5.74, 6) is 0.154. The summed E-state index contributed by atoms with van der Waals surface area (Å²) in [6, 6.07) is 16.4. The highest BCUT2D eigenvalue weighted by atomic mass is 19.1. The Morgan fingerprint density at radius 1 is 1.12 bits per heavy atom. The fraction of sp³-hybridized carbons (Fsp3) is 0.400. The third-order valence-electron chi connectivity index (χ3n) is 4.69. The number of aliphatic hydroxyl groups is 1. The van der Waals surface area contributed by atoms with E-state index in [1.165, 1.54) is 17.7 Å². The fourth-order valence-electron chi connectivity index (χ4n) is 3.43. The molecule has 128 valence electrons. The van der Waals surface area contributed by atoms with Crippen molar-refractivity contribution in [3.8, 4) is 5.75 Å². The fourth-order valence-corrected chi connectivity index (χ4v) is 3.43. The molecule has 1 N–H and O–H groups in total. The average Bonchev–Trinajstić information content (AvgIpc) is 2.58. The minimum absolute atomic E-state index is 0.0394. The van der Waals surface area contributed by atoms with Crippen molar-refractivity contribution < 1.29 is 14.2 Å². The van der Waals surface area contributed by atoms with Gasteiger partial charge in [-0.05, 0) is 44.0 Å². The summed E-state index contributed by atoms with van der Waals surface area (Å²) in [6.07, 6.45) is 1.82. The number of hydrogen-bond donors (Lipinski definition) is 1. The molecule has 24 heavy (non-hydrogen) atoms. The van der Waals surface area contributed by atoms with Gasteiger partial charge in [-0.15, -0.1) is 0 Å². The maximum Gasteiger partial charge on any atom is 0.126 e. The van der Waals surface area contributed by atoms with E-state index < -0.39 is 6.10 Å². The molecular weight excluding hydrogens is 305 g/mol. The second-order valence-electron chi connectivity index (χ2n) is 6.50. The second kappa shape index (κ2) is 7.77. The van der Waals surface area contributed by atoms with Gasteiger partial charge in [0.05, 0.1) is 0 Å². The molecule has 0 radical (unpaired) electrons. The first-order valence-electron chi connectivity index (χ1n) is 8.48. The van der Waals surface area contributed by atoms with E-state index in [2.05, 4.69) is 17.0 Å². The molecule has 0 bridgehead atoms. The van der Waals surface area contributed by atoms with Crippen LogP contribution >= 0.6 is 0 Å². The van der Waals surface area contributed by atoms with Gasteiger partial charge in [-0.2, -0.15) is 0 Å². The van der Waals surface area contributed by atoms with Crippen molar-refractivity contribution in [1.29, 1.82) is 0 Å². The highest BCUT2D eigenvalue weighted by Crippen LogP contribution is 2.28. The quantitative estimate of drug-likeness (QED) is 0.909. The Morgan fingerprint density at radius 3 is 2.67 bits per heavy atom. The molecule has 2 aromatic carbocycles. The lowest BCUT2D eigenvalue weighted by Crippen LogP contribution is -2.51. The number of rotatable bonds is 5. The number of aliphatic hydroxyl groups excluding tert-OH is 1. The van der Waals surface area contributed by atoms with Crippen LogP contribution < -0.4 is 4.74 Å². The van der Waals surface area contributed by atoms with Gasteiger partial charge in [0.25, 0.3) is 0 Å². The summed E-state index contributed by atoms with van der Waals surface area (Å²) in [7, 11) is 2.03. The second-order valence-corrected chi connectivity index (χ2v) is 6.50. The van der Waals surface area contributed by atoms with Gasteiger partial charge >= 0.3 is 0 Å². The summed E-state index contributed by atoms with van der Waals surface area (Å²) in [5.41, 5.74) is 1.22. The Morgan fingerprint density at radius 2 is 1.92 bits per heavy atom. The monoisotopic (exact) mass is 329 g/mol. The van der Waals surface area contributed by atoms with Gasteiger partial charge < -0.3 is 9.84 Å². The lowest BCUT2D eigenvalue weighted by molar-refractivity contribution is -0.0492. The topological polar surface area (TPSA) is 32.7 Å². The first-order chi connectivity index (χ1) is 11.6. The van der Waals surface area contributed by atoms with Gasteiger partial charge in [0.15, 0.2) is 0 Å². The average molecular weight is 329 g/mol. The number of halogens is 1. The van der Waals surface area contributed by atoms with Crippen molar-refractivity contribution in [2.45, 2.75) is 44.1 Å². The molecule has 0 aliphatic heterocycles. The van der Waals surface area contributed by atoms with Gasteiger partial charge in [0.2, 0.25) is 0 Å². The van der Waals surface area contributed by atoms with Gasteiger partial charge in [-0.1, -0.05) is 36.4 Å².